The number of pyridine rings is 1. The lowest BCUT2D eigenvalue weighted by molar-refractivity contribution is 0.122. The summed E-state index contributed by atoms with van der Waals surface area (Å²) in [6, 6.07) is 16.3. The highest BCUT2D eigenvalue weighted by molar-refractivity contribution is 7.98. The molecule has 0 radical (unpaired) electrons. The number of rotatable bonds is 5. The van der Waals surface area contributed by atoms with Crippen molar-refractivity contribution in [2.45, 2.75) is 17.8 Å². The van der Waals surface area contributed by atoms with Crippen LogP contribution in [-0.2, 0) is 10.5 Å². The van der Waals surface area contributed by atoms with Crippen LogP contribution in [0.5, 0.6) is 0 Å². The number of morpholine rings is 1. The van der Waals surface area contributed by atoms with Crippen LogP contribution >= 0.6 is 23.4 Å². The second kappa shape index (κ2) is 8.86. The van der Waals surface area contributed by atoms with E-state index in [0.29, 0.717) is 24.0 Å². The first kappa shape index (κ1) is 20.3. The van der Waals surface area contributed by atoms with E-state index in [2.05, 4.69) is 49.8 Å². The summed E-state index contributed by atoms with van der Waals surface area (Å²) < 4.78 is 7.68. The zero-order chi connectivity index (χ0) is 21.2. The van der Waals surface area contributed by atoms with E-state index in [0.717, 1.165) is 46.3 Å². The number of aryl methyl sites for hydroxylation is 1. The third kappa shape index (κ3) is 4.01. The molecule has 158 valence electrons. The Morgan fingerprint density at radius 1 is 1.03 bits per heavy atom. The molecule has 3 heterocycles. The van der Waals surface area contributed by atoms with Crippen molar-refractivity contribution in [3.8, 4) is 5.69 Å². The van der Waals surface area contributed by atoms with E-state index in [4.69, 9.17) is 16.3 Å². The Bertz CT molecular complexity index is 1220. The van der Waals surface area contributed by atoms with Gasteiger partial charge in [0.2, 0.25) is 5.95 Å². The highest BCUT2D eigenvalue weighted by Gasteiger charge is 2.23. The summed E-state index contributed by atoms with van der Waals surface area (Å²) in [6.45, 7) is 5.10. The van der Waals surface area contributed by atoms with Gasteiger partial charge in [-0.3, -0.25) is 9.55 Å². The number of ether oxygens (including phenoxy) is 1. The van der Waals surface area contributed by atoms with Crippen molar-refractivity contribution in [1.29, 1.82) is 0 Å². The Morgan fingerprint density at radius 3 is 2.71 bits per heavy atom. The van der Waals surface area contributed by atoms with Crippen molar-refractivity contribution in [1.82, 2.24) is 19.7 Å². The zero-order valence-corrected chi connectivity index (χ0v) is 18.7. The summed E-state index contributed by atoms with van der Waals surface area (Å²) in [5.41, 5.74) is 4.19. The van der Waals surface area contributed by atoms with Gasteiger partial charge in [0.15, 0.2) is 5.16 Å². The van der Waals surface area contributed by atoms with E-state index >= 15 is 0 Å². The lowest BCUT2D eigenvalue weighted by atomic mass is 10.1. The molecular formula is C23H22ClN5OS. The van der Waals surface area contributed by atoms with E-state index in [9.17, 15) is 0 Å². The number of aromatic nitrogens is 4. The molecule has 0 amide bonds. The molecule has 4 aromatic rings. The third-order valence-electron chi connectivity index (χ3n) is 5.43. The van der Waals surface area contributed by atoms with E-state index in [1.54, 1.807) is 18.0 Å². The molecule has 2 aromatic heterocycles. The molecule has 1 aliphatic rings. The van der Waals surface area contributed by atoms with Gasteiger partial charge in [0.05, 0.1) is 24.4 Å². The van der Waals surface area contributed by atoms with Crippen molar-refractivity contribution in [2.75, 3.05) is 31.2 Å². The van der Waals surface area contributed by atoms with Crippen LogP contribution in [0.3, 0.4) is 0 Å². The normalized spacial score (nSPS) is 14.3. The van der Waals surface area contributed by atoms with Gasteiger partial charge in [-0.05, 0) is 30.7 Å². The molecule has 6 nitrogen and oxygen atoms in total. The maximum atomic E-state index is 6.56. The number of anilines is 1. The number of nitrogens with zero attached hydrogens (tertiary/aromatic N) is 5. The Hall–Kier alpha value is -2.61. The number of thioether (sulfide) groups is 1. The van der Waals surface area contributed by atoms with Crippen LogP contribution in [-0.4, -0.2) is 46.1 Å². The zero-order valence-electron chi connectivity index (χ0n) is 17.2. The molecule has 0 spiro atoms. The molecule has 0 bridgehead atoms. The largest absolute Gasteiger partial charge is 0.378 e. The van der Waals surface area contributed by atoms with Crippen molar-refractivity contribution >= 4 is 40.2 Å². The highest BCUT2D eigenvalue weighted by atomic mass is 35.5. The van der Waals surface area contributed by atoms with E-state index < -0.39 is 0 Å². The van der Waals surface area contributed by atoms with Gasteiger partial charge >= 0.3 is 0 Å². The summed E-state index contributed by atoms with van der Waals surface area (Å²) in [4.78, 5) is 6.80. The number of para-hydroxylation sites is 1. The lowest BCUT2D eigenvalue weighted by Crippen LogP contribution is -2.38. The van der Waals surface area contributed by atoms with Crippen molar-refractivity contribution in [3.63, 3.8) is 0 Å². The van der Waals surface area contributed by atoms with Gasteiger partial charge in [0.1, 0.15) is 0 Å². The Morgan fingerprint density at radius 2 is 1.87 bits per heavy atom. The van der Waals surface area contributed by atoms with Gasteiger partial charge in [0, 0.05) is 41.0 Å². The minimum absolute atomic E-state index is 0.653. The number of hydrogen-bond acceptors (Lipinski definition) is 6. The van der Waals surface area contributed by atoms with Crippen LogP contribution in [0.1, 0.15) is 11.1 Å². The minimum Gasteiger partial charge on any atom is -0.378 e. The fraction of sp³-hybridized carbons (Fsp3) is 0.261. The van der Waals surface area contributed by atoms with Crippen LogP contribution in [0, 0.1) is 6.92 Å². The van der Waals surface area contributed by atoms with Crippen LogP contribution in [0.15, 0.2) is 59.9 Å². The van der Waals surface area contributed by atoms with Crippen molar-refractivity contribution in [3.05, 3.63) is 70.9 Å². The molecule has 8 heteroatoms. The molecule has 31 heavy (non-hydrogen) atoms. The molecule has 0 saturated carbocycles. The summed E-state index contributed by atoms with van der Waals surface area (Å²) in [5, 5.41) is 11.8. The van der Waals surface area contributed by atoms with Gasteiger partial charge in [-0.1, -0.05) is 53.7 Å². The quantitative estimate of drug-likeness (QED) is 0.402. The second-order valence-corrected chi connectivity index (χ2v) is 8.74. The van der Waals surface area contributed by atoms with Gasteiger partial charge in [-0.15, -0.1) is 10.2 Å². The predicted molar refractivity (Wildman–Crippen MR) is 125 cm³/mol. The first-order chi connectivity index (χ1) is 15.2. The number of hydrogen-bond donors (Lipinski definition) is 0. The van der Waals surface area contributed by atoms with Crippen LogP contribution < -0.4 is 4.90 Å². The SMILES string of the molecule is Cc1ccccc1-n1c(SCc2c(Cl)ccc3cccnc23)nnc1N1CCOCC1. The molecule has 1 fully saturated rings. The minimum atomic E-state index is 0.653. The monoisotopic (exact) mass is 451 g/mol. The van der Waals surface area contributed by atoms with Gasteiger partial charge in [-0.25, -0.2) is 0 Å². The average Bonchev–Trinajstić information content (AvgIpc) is 3.23. The topological polar surface area (TPSA) is 56.1 Å². The van der Waals surface area contributed by atoms with Gasteiger partial charge < -0.3 is 9.64 Å². The van der Waals surface area contributed by atoms with E-state index in [1.165, 1.54) is 5.56 Å². The first-order valence-corrected chi connectivity index (χ1v) is 11.6. The fourth-order valence-corrected chi connectivity index (χ4v) is 5.08. The summed E-state index contributed by atoms with van der Waals surface area (Å²) in [7, 11) is 0. The maximum Gasteiger partial charge on any atom is 0.232 e. The Balaban J connectivity index is 1.54. The smallest absolute Gasteiger partial charge is 0.232 e. The fourth-order valence-electron chi connectivity index (χ4n) is 3.80. The molecule has 2 aromatic carbocycles. The molecule has 0 atom stereocenters. The van der Waals surface area contributed by atoms with E-state index in [1.807, 2.05) is 30.3 Å². The predicted octanol–water partition coefficient (Wildman–Crippen LogP) is 4.91. The van der Waals surface area contributed by atoms with Crippen molar-refractivity contribution in [2.24, 2.45) is 0 Å². The van der Waals surface area contributed by atoms with Crippen LogP contribution in [0.25, 0.3) is 16.6 Å². The molecule has 5 rings (SSSR count). The summed E-state index contributed by atoms with van der Waals surface area (Å²) in [5.74, 6) is 1.50. The van der Waals surface area contributed by atoms with Gasteiger partial charge in [0.25, 0.3) is 0 Å². The number of halogens is 1. The third-order valence-corrected chi connectivity index (χ3v) is 6.74. The van der Waals surface area contributed by atoms with E-state index in [-0.39, 0.29) is 0 Å². The lowest BCUT2D eigenvalue weighted by Gasteiger charge is -2.28. The molecule has 1 aliphatic heterocycles. The van der Waals surface area contributed by atoms with Crippen LogP contribution in [0.4, 0.5) is 5.95 Å². The summed E-state index contributed by atoms with van der Waals surface area (Å²) in [6.07, 6.45) is 1.80. The molecular weight excluding hydrogens is 430 g/mol. The summed E-state index contributed by atoms with van der Waals surface area (Å²) >= 11 is 8.18. The van der Waals surface area contributed by atoms with Gasteiger partial charge in [-0.2, -0.15) is 0 Å². The van der Waals surface area contributed by atoms with Crippen LogP contribution in [0.2, 0.25) is 5.02 Å². The number of benzene rings is 2. The van der Waals surface area contributed by atoms with Crippen molar-refractivity contribution < 1.29 is 4.74 Å². The molecule has 1 saturated heterocycles. The second-order valence-electron chi connectivity index (χ2n) is 7.39. The molecule has 0 N–H and O–H groups in total. The average molecular weight is 452 g/mol. The Kier molecular flexibility index (Phi) is 5.80. The highest BCUT2D eigenvalue weighted by Crippen LogP contribution is 2.34. The molecule has 0 aliphatic carbocycles. The number of fused-ring (bicyclic) bond motifs is 1. The maximum absolute atomic E-state index is 6.56. The Labute approximate surface area is 190 Å². The standard InChI is InChI=1S/C23H22ClN5OS/c1-16-5-2-3-7-20(16)29-22(28-11-13-30-14-12-28)26-27-23(29)31-15-18-19(24)9-8-17-6-4-10-25-21(17)18/h2-10H,11-15H2,1H3. The molecule has 0 unspecified atom stereocenters. The first-order valence-electron chi connectivity index (χ1n) is 10.2.